The van der Waals surface area contributed by atoms with E-state index in [9.17, 15) is 4.79 Å². The molecule has 1 N–H and O–H groups in total. The molecule has 86 valence electrons. The molecular weight excluding hydrogens is 200 g/mol. The Labute approximate surface area is 96.6 Å². The summed E-state index contributed by atoms with van der Waals surface area (Å²) in [6.07, 6.45) is 6.19. The van der Waals surface area contributed by atoms with Crippen molar-refractivity contribution in [2.45, 2.75) is 26.2 Å². The van der Waals surface area contributed by atoms with Gasteiger partial charge in [0.2, 0.25) is 0 Å². The van der Waals surface area contributed by atoms with Crippen LogP contribution in [0.15, 0.2) is 36.4 Å². The van der Waals surface area contributed by atoms with E-state index in [1.54, 1.807) is 0 Å². The van der Waals surface area contributed by atoms with E-state index < -0.39 is 5.97 Å². The Morgan fingerprint density at radius 1 is 1.38 bits per heavy atom. The highest BCUT2D eigenvalue weighted by atomic mass is 16.4. The second kappa shape index (κ2) is 6.83. The second-order valence-electron chi connectivity index (χ2n) is 3.87. The zero-order valence-electron chi connectivity index (χ0n) is 9.60. The molecular formula is C14H18O2. The lowest BCUT2D eigenvalue weighted by molar-refractivity contribution is -0.141. The lowest BCUT2D eigenvalue weighted by Gasteiger charge is -2.07. The molecule has 0 aliphatic rings. The minimum absolute atomic E-state index is 0.245. The molecule has 2 nitrogen and oxygen atoms in total. The van der Waals surface area contributed by atoms with Crippen molar-refractivity contribution in [1.29, 1.82) is 0 Å². The molecule has 0 heterocycles. The quantitative estimate of drug-likeness (QED) is 0.792. The van der Waals surface area contributed by atoms with Crippen molar-refractivity contribution in [2.75, 3.05) is 0 Å². The first-order valence-electron chi connectivity index (χ1n) is 5.68. The Morgan fingerprint density at radius 3 is 2.62 bits per heavy atom. The van der Waals surface area contributed by atoms with Crippen molar-refractivity contribution >= 4 is 12.0 Å². The van der Waals surface area contributed by atoms with Crippen LogP contribution in [0.5, 0.6) is 0 Å². The lowest BCUT2D eigenvalue weighted by atomic mass is 9.99. The Bertz CT molecular complexity index is 341. The number of aliphatic carboxylic acids is 1. The van der Waals surface area contributed by atoms with Gasteiger partial charge in [-0.3, -0.25) is 4.79 Å². The molecule has 1 unspecified atom stereocenters. The van der Waals surface area contributed by atoms with Gasteiger partial charge in [-0.2, -0.15) is 0 Å². The smallest absolute Gasteiger partial charge is 0.306 e. The third kappa shape index (κ3) is 4.30. The zero-order chi connectivity index (χ0) is 11.8. The van der Waals surface area contributed by atoms with Crippen molar-refractivity contribution in [3.63, 3.8) is 0 Å². The van der Waals surface area contributed by atoms with E-state index in [1.807, 2.05) is 49.4 Å². The van der Waals surface area contributed by atoms with Gasteiger partial charge in [0, 0.05) is 0 Å². The number of allylic oxidation sites excluding steroid dienone is 1. The normalized spacial score (nSPS) is 12.8. The molecule has 1 aromatic rings. The molecule has 2 heteroatoms. The molecule has 0 aliphatic heterocycles. The standard InChI is InChI=1S/C14H18O2/c1-2-7-13(14(15)16)11-6-10-12-8-4-3-5-9-12/h3-6,8-10,13H,2,7,11H2,1H3,(H,15,16). The molecule has 1 aromatic carbocycles. The molecule has 0 bridgehead atoms. The van der Waals surface area contributed by atoms with Crippen LogP contribution in [0.4, 0.5) is 0 Å². The fourth-order valence-electron chi connectivity index (χ4n) is 1.62. The monoisotopic (exact) mass is 218 g/mol. The van der Waals surface area contributed by atoms with Crippen molar-refractivity contribution in [3.8, 4) is 0 Å². The summed E-state index contributed by atoms with van der Waals surface area (Å²) in [5, 5.41) is 8.97. The van der Waals surface area contributed by atoms with Crippen LogP contribution in [0.25, 0.3) is 6.08 Å². The highest BCUT2D eigenvalue weighted by Crippen LogP contribution is 2.13. The molecule has 0 aliphatic carbocycles. The summed E-state index contributed by atoms with van der Waals surface area (Å²) in [6.45, 7) is 2.01. The Hall–Kier alpha value is -1.57. The highest BCUT2D eigenvalue weighted by Gasteiger charge is 2.13. The number of carboxylic acid groups (broad SMARTS) is 1. The second-order valence-corrected chi connectivity index (χ2v) is 3.87. The van der Waals surface area contributed by atoms with Gasteiger partial charge in [0.15, 0.2) is 0 Å². The maximum Gasteiger partial charge on any atom is 0.306 e. The van der Waals surface area contributed by atoms with Crippen molar-refractivity contribution < 1.29 is 9.90 Å². The molecule has 0 fully saturated rings. The molecule has 16 heavy (non-hydrogen) atoms. The first-order valence-corrected chi connectivity index (χ1v) is 5.68. The van der Waals surface area contributed by atoms with Gasteiger partial charge in [-0.1, -0.05) is 55.8 Å². The molecule has 0 spiro atoms. The van der Waals surface area contributed by atoms with Crippen molar-refractivity contribution in [1.82, 2.24) is 0 Å². The summed E-state index contributed by atoms with van der Waals surface area (Å²) in [5.74, 6) is -0.940. The van der Waals surface area contributed by atoms with Gasteiger partial charge in [-0.05, 0) is 18.4 Å². The number of hydrogen-bond donors (Lipinski definition) is 1. The average Bonchev–Trinajstić information content (AvgIpc) is 2.29. The van der Waals surface area contributed by atoms with Gasteiger partial charge in [-0.15, -0.1) is 0 Å². The van der Waals surface area contributed by atoms with E-state index in [1.165, 1.54) is 0 Å². The molecule has 0 saturated heterocycles. The maximum atomic E-state index is 10.9. The Morgan fingerprint density at radius 2 is 2.06 bits per heavy atom. The molecule has 1 rings (SSSR count). The van der Waals surface area contributed by atoms with Crippen LogP contribution in [0, 0.1) is 5.92 Å². The lowest BCUT2D eigenvalue weighted by Crippen LogP contribution is -2.12. The molecule has 0 amide bonds. The summed E-state index contributed by atoms with van der Waals surface area (Å²) in [5.41, 5.74) is 1.11. The van der Waals surface area contributed by atoms with Gasteiger partial charge < -0.3 is 5.11 Å². The van der Waals surface area contributed by atoms with E-state index in [2.05, 4.69) is 0 Å². The predicted octanol–water partition coefficient (Wildman–Crippen LogP) is 3.59. The minimum atomic E-state index is -0.695. The molecule has 0 radical (unpaired) electrons. The number of rotatable bonds is 6. The molecule has 1 atom stereocenters. The first kappa shape index (κ1) is 12.5. The largest absolute Gasteiger partial charge is 0.481 e. The predicted molar refractivity (Wildman–Crippen MR) is 66.1 cm³/mol. The van der Waals surface area contributed by atoms with Gasteiger partial charge in [0.05, 0.1) is 5.92 Å². The number of benzene rings is 1. The number of carboxylic acids is 1. The van der Waals surface area contributed by atoms with Crippen LogP contribution in [-0.2, 0) is 4.79 Å². The summed E-state index contributed by atoms with van der Waals surface area (Å²) >= 11 is 0. The summed E-state index contributed by atoms with van der Waals surface area (Å²) < 4.78 is 0. The van der Waals surface area contributed by atoms with Crippen LogP contribution in [0.2, 0.25) is 0 Å². The topological polar surface area (TPSA) is 37.3 Å². The Kier molecular flexibility index (Phi) is 5.34. The van der Waals surface area contributed by atoms with Crippen LogP contribution < -0.4 is 0 Å². The van der Waals surface area contributed by atoms with Crippen LogP contribution in [0.3, 0.4) is 0 Å². The zero-order valence-corrected chi connectivity index (χ0v) is 9.60. The number of carbonyl (C=O) groups is 1. The van der Waals surface area contributed by atoms with Gasteiger partial charge in [0.25, 0.3) is 0 Å². The first-order chi connectivity index (χ1) is 7.74. The third-order valence-electron chi connectivity index (χ3n) is 2.52. The van der Waals surface area contributed by atoms with E-state index >= 15 is 0 Å². The molecule has 0 saturated carbocycles. The highest BCUT2D eigenvalue weighted by molar-refractivity contribution is 5.70. The number of hydrogen-bond acceptors (Lipinski definition) is 1. The van der Waals surface area contributed by atoms with Crippen molar-refractivity contribution in [3.05, 3.63) is 42.0 Å². The van der Waals surface area contributed by atoms with Crippen LogP contribution in [-0.4, -0.2) is 11.1 Å². The van der Waals surface area contributed by atoms with E-state index in [0.717, 1.165) is 18.4 Å². The van der Waals surface area contributed by atoms with E-state index in [4.69, 9.17) is 5.11 Å². The van der Waals surface area contributed by atoms with Gasteiger partial charge in [-0.25, -0.2) is 0 Å². The third-order valence-corrected chi connectivity index (χ3v) is 2.52. The van der Waals surface area contributed by atoms with Gasteiger partial charge >= 0.3 is 5.97 Å². The average molecular weight is 218 g/mol. The van der Waals surface area contributed by atoms with Gasteiger partial charge in [0.1, 0.15) is 0 Å². The van der Waals surface area contributed by atoms with Crippen molar-refractivity contribution in [2.24, 2.45) is 5.92 Å². The fourth-order valence-corrected chi connectivity index (χ4v) is 1.62. The SMILES string of the molecule is CCCC(CC=Cc1ccccc1)C(=O)O. The van der Waals surface area contributed by atoms with Crippen LogP contribution in [0.1, 0.15) is 31.7 Å². The minimum Gasteiger partial charge on any atom is -0.481 e. The fraction of sp³-hybridized carbons (Fsp3) is 0.357. The summed E-state index contributed by atoms with van der Waals surface area (Å²) in [4.78, 5) is 10.9. The molecule has 0 aromatic heterocycles. The maximum absolute atomic E-state index is 10.9. The summed E-state index contributed by atoms with van der Waals surface area (Å²) in [7, 11) is 0. The van der Waals surface area contributed by atoms with E-state index in [-0.39, 0.29) is 5.92 Å². The van der Waals surface area contributed by atoms with Crippen LogP contribution >= 0.6 is 0 Å². The Balaban J connectivity index is 2.49. The summed E-state index contributed by atoms with van der Waals surface area (Å²) in [6, 6.07) is 9.92. The van der Waals surface area contributed by atoms with E-state index in [0.29, 0.717) is 6.42 Å².